The molecule has 0 aliphatic heterocycles. The Hall–Kier alpha value is -0.130. The normalized spacial score (nSPS) is 10.9. The molecule has 0 radical (unpaired) electrons. The topological polar surface area (TPSA) is 80.4 Å². The first-order valence-corrected chi connectivity index (χ1v) is 9.39. The largest absolute Gasteiger partial charge is 0.330 e. The second kappa shape index (κ2) is 15.9. The predicted octanol–water partition coefficient (Wildman–Crippen LogP) is 3.76. The highest BCUT2D eigenvalue weighted by molar-refractivity contribution is 7.85. The molecule has 0 amide bonds. The molecule has 3 N–H and O–H groups in total. The maximum absolute atomic E-state index is 9.19. The third kappa shape index (κ3) is 38.1. The minimum Gasteiger partial charge on any atom is -0.330 e. The maximum Gasteiger partial charge on any atom is 0.261 e. The standard InChI is InChI=1S/C13H29N.CH4O3S/c1-2-3-4-5-6-7-8-9-10-11-12-13-14;1-5(2,3)4/h2-14H2,1H3;1H3,(H,2,3,4). The lowest BCUT2D eigenvalue weighted by Gasteiger charge is -2.01. The predicted molar refractivity (Wildman–Crippen MR) is 83.0 cm³/mol. The number of nitrogens with two attached hydrogens (primary N) is 1. The van der Waals surface area contributed by atoms with Gasteiger partial charge < -0.3 is 5.73 Å². The van der Waals surface area contributed by atoms with Gasteiger partial charge in [-0.25, -0.2) is 0 Å². The van der Waals surface area contributed by atoms with Crippen molar-refractivity contribution in [2.45, 2.75) is 77.6 Å². The lowest BCUT2D eigenvalue weighted by atomic mass is 10.1. The first kappa shape index (κ1) is 21.2. The molecule has 4 nitrogen and oxygen atoms in total. The molecular weight excluding hydrogens is 262 g/mol. The van der Waals surface area contributed by atoms with E-state index in [1.54, 1.807) is 0 Å². The highest BCUT2D eigenvalue weighted by atomic mass is 32.2. The van der Waals surface area contributed by atoms with Crippen LogP contribution in [0.1, 0.15) is 77.6 Å². The third-order valence-electron chi connectivity index (χ3n) is 2.81. The molecular formula is C14H33NO3S. The van der Waals surface area contributed by atoms with E-state index in [-0.39, 0.29) is 0 Å². The van der Waals surface area contributed by atoms with Crippen molar-refractivity contribution >= 4 is 10.1 Å². The summed E-state index contributed by atoms with van der Waals surface area (Å²) in [5.41, 5.74) is 5.44. The molecule has 0 bridgehead atoms. The van der Waals surface area contributed by atoms with Crippen LogP contribution >= 0.6 is 0 Å². The van der Waals surface area contributed by atoms with Gasteiger partial charge >= 0.3 is 0 Å². The van der Waals surface area contributed by atoms with E-state index < -0.39 is 10.1 Å². The van der Waals surface area contributed by atoms with E-state index in [9.17, 15) is 8.42 Å². The van der Waals surface area contributed by atoms with E-state index in [2.05, 4.69) is 6.92 Å². The van der Waals surface area contributed by atoms with Gasteiger partial charge in [0.2, 0.25) is 0 Å². The smallest absolute Gasteiger partial charge is 0.261 e. The molecule has 0 saturated heterocycles. The second-order valence-corrected chi connectivity index (χ2v) is 6.52. The van der Waals surface area contributed by atoms with Crippen LogP contribution in [-0.2, 0) is 10.1 Å². The third-order valence-corrected chi connectivity index (χ3v) is 2.81. The summed E-state index contributed by atoms with van der Waals surface area (Å²) < 4.78 is 25.9. The molecule has 0 saturated carbocycles. The van der Waals surface area contributed by atoms with Gasteiger partial charge in [-0.05, 0) is 13.0 Å². The highest BCUT2D eigenvalue weighted by Crippen LogP contribution is 2.10. The molecule has 0 unspecified atom stereocenters. The fourth-order valence-corrected chi connectivity index (χ4v) is 1.81. The van der Waals surface area contributed by atoms with Gasteiger partial charge in [0, 0.05) is 0 Å². The Bertz CT molecular complexity index is 233. The van der Waals surface area contributed by atoms with E-state index in [4.69, 9.17) is 10.3 Å². The summed E-state index contributed by atoms with van der Waals surface area (Å²) in [7, 11) is -3.67. The minimum absolute atomic E-state index is 0.715. The minimum atomic E-state index is -3.67. The zero-order valence-corrected chi connectivity index (χ0v) is 13.6. The number of rotatable bonds is 11. The summed E-state index contributed by atoms with van der Waals surface area (Å²) in [4.78, 5) is 0. The number of hydrogen-bond donors (Lipinski definition) is 2. The molecule has 0 atom stereocenters. The summed E-state index contributed by atoms with van der Waals surface area (Å²) >= 11 is 0. The van der Waals surface area contributed by atoms with Crippen molar-refractivity contribution in [3.8, 4) is 0 Å². The van der Waals surface area contributed by atoms with Crippen molar-refractivity contribution in [2.75, 3.05) is 12.8 Å². The van der Waals surface area contributed by atoms with Crippen molar-refractivity contribution in [2.24, 2.45) is 5.73 Å². The molecule has 0 heterocycles. The summed E-state index contributed by atoms with van der Waals surface area (Å²) in [6.45, 7) is 3.15. The molecule has 0 fully saturated rings. The van der Waals surface area contributed by atoms with Gasteiger partial charge in [-0.3, -0.25) is 4.55 Å². The van der Waals surface area contributed by atoms with E-state index in [0.29, 0.717) is 6.26 Å². The van der Waals surface area contributed by atoms with Crippen LogP contribution in [0.3, 0.4) is 0 Å². The maximum atomic E-state index is 9.19. The highest BCUT2D eigenvalue weighted by Gasteiger charge is 1.91. The fraction of sp³-hybridized carbons (Fsp3) is 1.00. The Kier molecular flexibility index (Phi) is 17.7. The van der Waals surface area contributed by atoms with E-state index in [1.165, 1.54) is 70.6 Å². The van der Waals surface area contributed by atoms with Gasteiger partial charge in [0.15, 0.2) is 0 Å². The van der Waals surface area contributed by atoms with Crippen LogP contribution in [-0.4, -0.2) is 25.8 Å². The number of hydrogen-bond acceptors (Lipinski definition) is 3. The van der Waals surface area contributed by atoms with Crippen LogP contribution < -0.4 is 5.73 Å². The van der Waals surface area contributed by atoms with Crippen LogP contribution in [0.4, 0.5) is 0 Å². The first-order valence-electron chi connectivity index (χ1n) is 7.54. The molecule has 0 aromatic rings. The Balaban J connectivity index is 0. The van der Waals surface area contributed by atoms with Gasteiger partial charge in [-0.15, -0.1) is 0 Å². The van der Waals surface area contributed by atoms with Gasteiger partial charge in [-0.2, -0.15) is 8.42 Å². The molecule has 0 aromatic carbocycles. The van der Waals surface area contributed by atoms with Crippen molar-refractivity contribution in [1.82, 2.24) is 0 Å². The zero-order chi connectivity index (χ0) is 15.0. The van der Waals surface area contributed by atoms with Crippen LogP contribution in [0.2, 0.25) is 0 Å². The van der Waals surface area contributed by atoms with Gasteiger partial charge in [0.05, 0.1) is 6.26 Å². The first-order chi connectivity index (χ1) is 8.91. The molecule has 5 heteroatoms. The summed E-state index contributed by atoms with van der Waals surface area (Å²) in [5.74, 6) is 0. The molecule has 118 valence electrons. The molecule has 0 spiro atoms. The molecule has 0 aliphatic rings. The van der Waals surface area contributed by atoms with Crippen molar-refractivity contribution < 1.29 is 13.0 Å². The molecule has 0 aromatic heterocycles. The Morgan fingerprint density at radius 2 is 1.05 bits per heavy atom. The van der Waals surface area contributed by atoms with E-state index >= 15 is 0 Å². The van der Waals surface area contributed by atoms with Crippen molar-refractivity contribution in [3.05, 3.63) is 0 Å². The van der Waals surface area contributed by atoms with Gasteiger partial charge in [0.25, 0.3) is 10.1 Å². The molecule has 0 rings (SSSR count). The lowest BCUT2D eigenvalue weighted by molar-refractivity contribution is 0.490. The van der Waals surface area contributed by atoms with Crippen LogP contribution in [0.5, 0.6) is 0 Å². The fourth-order valence-electron chi connectivity index (χ4n) is 1.81. The van der Waals surface area contributed by atoms with Gasteiger partial charge in [0.1, 0.15) is 0 Å². The van der Waals surface area contributed by atoms with E-state index in [0.717, 1.165) is 6.54 Å². The van der Waals surface area contributed by atoms with Gasteiger partial charge in [-0.1, -0.05) is 71.1 Å². The van der Waals surface area contributed by atoms with Crippen molar-refractivity contribution in [1.29, 1.82) is 0 Å². The van der Waals surface area contributed by atoms with Crippen LogP contribution in [0, 0.1) is 0 Å². The quantitative estimate of drug-likeness (QED) is 0.449. The SMILES string of the molecule is CCCCCCCCCCCCCN.CS(=O)(=O)O. The second-order valence-electron chi connectivity index (χ2n) is 5.06. The molecule has 0 aliphatic carbocycles. The summed E-state index contributed by atoms with van der Waals surface area (Å²) in [6.07, 6.45) is 16.1. The average molecular weight is 295 g/mol. The van der Waals surface area contributed by atoms with Crippen molar-refractivity contribution in [3.63, 3.8) is 0 Å². The Morgan fingerprint density at radius 1 is 0.789 bits per heavy atom. The number of unbranched alkanes of at least 4 members (excludes halogenated alkanes) is 10. The monoisotopic (exact) mass is 295 g/mol. The summed E-state index contributed by atoms with van der Waals surface area (Å²) in [5, 5.41) is 0. The Labute approximate surface area is 119 Å². The molecule has 19 heavy (non-hydrogen) atoms. The van der Waals surface area contributed by atoms with Crippen LogP contribution in [0.25, 0.3) is 0 Å². The zero-order valence-electron chi connectivity index (χ0n) is 12.7. The van der Waals surface area contributed by atoms with E-state index in [1.807, 2.05) is 0 Å². The average Bonchev–Trinajstić information content (AvgIpc) is 2.29. The Morgan fingerprint density at radius 3 is 1.32 bits per heavy atom. The lowest BCUT2D eigenvalue weighted by Crippen LogP contribution is -1.97. The van der Waals surface area contributed by atoms with Crippen LogP contribution in [0.15, 0.2) is 0 Å². The summed E-state index contributed by atoms with van der Waals surface area (Å²) in [6, 6.07) is 0.